The number of hydrogen-bond acceptors (Lipinski definition) is 1. The van der Waals surface area contributed by atoms with Gasteiger partial charge in [0.1, 0.15) is 11.6 Å². The third-order valence-corrected chi connectivity index (χ3v) is 3.04. The van der Waals surface area contributed by atoms with Crippen molar-refractivity contribution in [2.24, 2.45) is 0 Å². The summed E-state index contributed by atoms with van der Waals surface area (Å²) < 4.78 is 26.8. The van der Waals surface area contributed by atoms with E-state index >= 15 is 0 Å². The molecule has 2 nitrogen and oxygen atoms in total. The van der Waals surface area contributed by atoms with Gasteiger partial charge in [-0.3, -0.25) is 0 Å². The summed E-state index contributed by atoms with van der Waals surface area (Å²) >= 11 is 3.07. The molecule has 1 heterocycles. The summed E-state index contributed by atoms with van der Waals surface area (Å²) in [5, 5.41) is 9.27. The Hall–Kier alpha value is -0.940. The van der Waals surface area contributed by atoms with Gasteiger partial charge in [0.25, 0.3) is 0 Å². The second kappa shape index (κ2) is 3.90. The van der Waals surface area contributed by atoms with Crippen LogP contribution in [0.3, 0.4) is 0 Å². The minimum absolute atomic E-state index is 0.0580. The van der Waals surface area contributed by atoms with Gasteiger partial charge in [0.05, 0.1) is 9.99 Å². The molecule has 80 valence electrons. The molecule has 5 heteroatoms. The van der Waals surface area contributed by atoms with Crippen molar-refractivity contribution in [3.63, 3.8) is 0 Å². The van der Waals surface area contributed by atoms with E-state index in [1.165, 1.54) is 0 Å². The lowest BCUT2D eigenvalue weighted by Crippen LogP contribution is -1.91. The first-order valence-corrected chi connectivity index (χ1v) is 5.18. The van der Waals surface area contributed by atoms with Crippen LogP contribution in [0.2, 0.25) is 0 Å². The molecule has 0 amide bonds. The standard InChI is InChI=1S/C10H8BrF2NO/c11-9-6(12)3-7(13)10-8(9)5(1-2-15)4-14-10/h3-4,14-15H,1-2H2. The fraction of sp³-hybridized carbons (Fsp3) is 0.200. The van der Waals surface area contributed by atoms with Gasteiger partial charge >= 0.3 is 0 Å². The Morgan fingerprint density at radius 3 is 2.73 bits per heavy atom. The molecule has 0 radical (unpaired) electrons. The van der Waals surface area contributed by atoms with Crippen molar-refractivity contribution in [2.75, 3.05) is 6.61 Å². The van der Waals surface area contributed by atoms with Gasteiger partial charge in [0, 0.05) is 24.3 Å². The van der Waals surface area contributed by atoms with E-state index < -0.39 is 11.6 Å². The van der Waals surface area contributed by atoms with Crippen molar-refractivity contribution in [2.45, 2.75) is 6.42 Å². The van der Waals surface area contributed by atoms with Gasteiger partial charge in [-0.1, -0.05) is 0 Å². The van der Waals surface area contributed by atoms with Crippen molar-refractivity contribution in [1.82, 2.24) is 4.98 Å². The van der Waals surface area contributed by atoms with Gasteiger partial charge in [-0.15, -0.1) is 0 Å². The molecule has 2 rings (SSSR count). The zero-order valence-corrected chi connectivity index (χ0v) is 9.24. The van der Waals surface area contributed by atoms with E-state index in [-0.39, 0.29) is 16.6 Å². The number of halogens is 3. The van der Waals surface area contributed by atoms with Crippen molar-refractivity contribution in [1.29, 1.82) is 0 Å². The molecular weight excluding hydrogens is 268 g/mol. The van der Waals surface area contributed by atoms with Crippen LogP contribution in [-0.4, -0.2) is 16.7 Å². The van der Waals surface area contributed by atoms with Gasteiger partial charge < -0.3 is 10.1 Å². The van der Waals surface area contributed by atoms with Crippen LogP contribution in [0.25, 0.3) is 10.9 Å². The third-order valence-electron chi connectivity index (χ3n) is 2.26. The van der Waals surface area contributed by atoms with E-state index in [9.17, 15) is 8.78 Å². The average Bonchev–Trinajstić information content (AvgIpc) is 2.60. The highest BCUT2D eigenvalue weighted by atomic mass is 79.9. The molecule has 2 aromatic rings. The molecule has 0 saturated carbocycles. The first-order chi connectivity index (χ1) is 7.15. The molecule has 2 N–H and O–H groups in total. The number of aliphatic hydroxyl groups is 1. The smallest absolute Gasteiger partial charge is 0.150 e. The Bertz CT molecular complexity index is 510. The Morgan fingerprint density at radius 2 is 2.07 bits per heavy atom. The fourth-order valence-corrected chi connectivity index (χ4v) is 2.15. The molecule has 0 spiro atoms. The van der Waals surface area contributed by atoms with Crippen LogP contribution < -0.4 is 0 Å². The summed E-state index contributed by atoms with van der Waals surface area (Å²) in [6, 6.07) is 0.825. The topological polar surface area (TPSA) is 36.0 Å². The molecular formula is C10H8BrF2NO. The van der Waals surface area contributed by atoms with E-state index in [4.69, 9.17) is 5.11 Å². The lowest BCUT2D eigenvalue weighted by Gasteiger charge is -2.01. The molecule has 0 aliphatic heterocycles. The van der Waals surface area contributed by atoms with Crippen LogP contribution in [0.1, 0.15) is 5.56 Å². The molecule has 0 fully saturated rings. The highest BCUT2D eigenvalue weighted by Gasteiger charge is 2.14. The highest BCUT2D eigenvalue weighted by molar-refractivity contribution is 9.10. The summed E-state index contributed by atoms with van der Waals surface area (Å²) in [4.78, 5) is 2.73. The molecule has 0 saturated heterocycles. The van der Waals surface area contributed by atoms with E-state index in [0.29, 0.717) is 17.4 Å². The molecule has 15 heavy (non-hydrogen) atoms. The van der Waals surface area contributed by atoms with E-state index in [0.717, 1.165) is 6.07 Å². The first-order valence-electron chi connectivity index (χ1n) is 4.39. The van der Waals surface area contributed by atoms with Crippen molar-refractivity contribution in [3.05, 3.63) is 33.9 Å². The second-order valence-corrected chi connectivity index (χ2v) is 3.98. The quantitative estimate of drug-likeness (QED) is 0.813. The third kappa shape index (κ3) is 1.66. The predicted molar refractivity (Wildman–Crippen MR) is 56.7 cm³/mol. The number of H-pyrrole nitrogens is 1. The number of aliphatic hydroxyl groups excluding tert-OH is 1. The number of nitrogens with one attached hydrogen (secondary N) is 1. The predicted octanol–water partition coefficient (Wildman–Crippen LogP) is 2.74. The normalized spacial score (nSPS) is 11.2. The molecule has 1 aromatic carbocycles. The lowest BCUT2D eigenvalue weighted by molar-refractivity contribution is 0.300. The maximum Gasteiger partial charge on any atom is 0.150 e. The zero-order chi connectivity index (χ0) is 11.0. The Morgan fingerprint density at radius 1 is 1.33 bits per heavy atom. The number of aromatic amines is 1. The number of hydrogen-bond donors (Lipinski definition) is 2. The largest absolute Gasteiger partial charge is 0.396 e. The van der Waals surface area contributed by atoms with E-state index in [1.54, 1.807) is 6.20 Å². The Kier molecular flexibility index (Phi) is 2.75. The summed E-state index contributed by atoms with van der Waals surface area (Å²) in [6.07, 6.45) is 1.94. The maximum atomic E-state index is 13.3. The average molecular weight is 276 g/mol. The minimum atomic E-state index is -0.640. The summed E-state index contributed by atoms with van der Waals surface area (Å²) in [5.41, 5.74) is 0.949. The molecule has 0 atom stereocenters. The van der Waals surface area contributed by atoms with Crippen molar-refractivity contribution in [3.8, 4) is 0 Å². The van der Waals surface area contributed by atoms with Crippen LogP contribution in [0.5, 0.6) is 0 Å². The lowest BCUT2D eigenvalue weighted by atomic mass is 10.1. The van der Waals surface area contributed by atoms with Crippen LogP contribution in [0.15, 0.2) is 16.7 Å². The molecule has 1 aromatic heterocycles. The van der Waals surface area contributed by atoms with E-state index in [2.05, 4.69) is 20.9 Å². The van der Waals surface area contributed by atoms with Crippen molar-refractivity contribution >= 4 is 26.8 Å². The molecule has 0 aliphatic carbocycles. The number of aromatic nitrogens is 1. The molecule has 0 unspecified atom stereocenters. The SMILES string of the molecule is OCCc1c[nH]c2c(F)cc(F)c(Br)c12. The summed E-state index contributed by atoms with van der Waals surface area (Å²) in [5.74, 6) is -1.27. The number of rotatable bonds is 2. The van der Waals surface area contributed by atoms with Crippen LogP contribution >= 0.6 is 15.9 Å². The highest BCUT2D eigenvalue weighted by Crippen LogP contribution is 2.31. The monoisotopic (exact) mass is 275 g/mol. The minimum Gasteiger partial charge on any atom is -0.396 e. The summed E-state index contributed by atoms with van der Waals surface area (Å²) in [6.45, 7) is -0.0580. The summed E-state index contributed by atoms with van der Waals surface area (Å²) in [7, 11) is 0. The Balaban J connectivity index is 2.77. The van der Waals surface area contributed by atoms with Gasteiger partial charge in [-0.25, -0.2) is 8.78 Å². The van der Waals surface area contributed by atoms with Crippen molar-refractivity contribution < 1.29 is 13.9 Å². The molecule has 0 aliphatic rings. The van der Waals surface area contributed by atoms with E-state index in [1.807, 2.05) is 0 Å². The zero-order valence-electron chi connectivity index (χ0n) is 7.65. The van der Waals surface area contributed by atoms with Crippen LogP contribution in [-0.2, 0) is 6.42 Å². The van der Waals surface area contributed by atoms with Gasteiger partial charge in [0.15, 0.2) is 0 Å². The van der Waals surface area contributed by atoms with Gasteiger partial charge in [-0.2, -0.15) is 0 Å². The maximum absolute atomic E-state index is 13.3. The second-order valence-electron chi connectivity index (χ2n) is 3.19. The Labute approximate surface area is 93.0 Å². The van der Waals surface area contributed by atoms with Gasteiger partial charge in [-0.05, 0) is 27.9 Å². The number of fused-ring (bicyclic) bond motifs is 1. The molecule has 0 bridgehead atoms. The number of benzene rings is 1. The van der Waals surface area contributed by atoms with Crippen LogP contribution in [0, 0.1) is 11.6 Å². The fourth-order valence-electron chi connectivity index (χ4n) is 1.59. The van der Waals surface area contributed by atoms with Crippen LogP contribution in [0.4, 0.5) is 8.78 Å². The van der Waals surface area contributed by atoms with Gasteiger partial charge in [0.2, 0.25) is 0 Å². The first kappa shape index (κ1) is 10.6.